The van der Waals surface area contributed by atoms with Crippen LogP contribution in [0.4, 0.5) is 16.2 Å². The number of fused-ring (bicyclic) bond motifs is 1. The number of ether oxygens (including phenoxy) is 2. The van der Waals surface area contributed by atoms with Crippen LogP contribution in [0.25, 0.3) is 0 Å². The largest absolute Gasteiger partial charge is 0.445 e. The Morgan fingerprint density at radius 2 is 1.82 bits per heavy atom. The number of anilines is 2. The number of rotatable bonds is 16. The van der Waals surface area contributed by atoms with Gasteiger partial charge in [-0.25, -0.2) is 4.79 Å². The van der Waals surface area contributed by atoms with Crippen LogP contribution in [0, 0.1) is 0 Å². The van der Waals surface area contributed by atoms with E-state index in [9.17, 15) is 28.8 Å². The molecule has 15 heteroatoms. The third-order valence-corrected chi connectivity index (χ3v) is 9.33. The minimum Gasteiger partial charge on any atom is -0.445 e. The van der Waals surface area contributed by atoms with Gasteiger partial charge < -0.3 is 40.5 Å². The molecule has 0 aromatic heterocycles. The molecular weight excluding hydrogens is 646 g/mol. The number of hydrogen-bond acceptors (Lipinski definition) is 10. The van der Waals surface area contributed by atoms with Crippen LogP contribution in [0.1, 0.15) is 60.0 Å². The van der Waals surface area contributed by atoms with Crippen molar-refractivity contribution in [3.63, 3.8) is 0 Å². The molecule has 0 bridgehead atoms. The highest BCUT2D eigenvalue weighted by molar-refractivity contribution is 6.07. The number of alkyl carbamates (subject to hydrolysis) is 1. The van der Waals surface area contributed by atoms with Crippen LogP contribution in [-0.2, 0) is 41.8 Å². The number of carbonyl (C=O) groups is 6. The molecule has 0 saturated carbocycles. The Labute approximate surface area is 290 Å². The van der Waals surface area contributed by atoms with Crippen molar-refractivity contribution in [3.8, 4) is 0 Å². The van der Waals surface area contributed by atoms with Gasteiger partial charge in [0, 0.05) is 54.7 Å². The molecule has 2 aromatic rings. The molecule has 2 aromatic carbocycles. The molecule has 15 nitrogen and oxygen atoms in total. The smallest absolute Gasteiger partial charge is 0.408 e. The van der Waals surface area contributed by atoms with E-state index in [1.54, 1.807) is 42.5 Å². The summed E-state index contributed by atoms with van der Waals surface area (Å²) in [5.41, 5.74) is 2.57. The monoisotopic (exact) mass is 691 g/mol. The lowest BCUT2D eigenvalue weighted by molar-refractivity contribution is -0.137. The lowest BCUT2D eigenvalue weighted by Gasteiger charge is -2.31. The lowest BCUT2D eigenvalue weighted by Crippen LogP contribution is -2.52. The van der Waals surface area contributed by atoms with Crippen molar-refractivity contribution in [2.75, 3.05) is 50.5 Å². The van der Waals surface area contributed by atoms with Crippen LogP contribution in [0.5, 0.6) is 0 Å². The summed E-state index contributed by atoms with van der Waals surface area (Å²) in [7, 11) is 1.99. The van der Waals surface area contributed by atoms with Gasteiger partial charge in [0.2, 0.25) is 24.1 Å². The fourth-order valence-corrected chi connectivity index (χ4v) is 6.42. The first-order valence-corrected chi connectivity index (χ1v) is 17.0. The topological polar surface area (TPSA) is 188 Å². The number of piperidine rings is 2. The Morgan fingerprint density at radius 1 is 1.04 bits per heavy atom. The lowest BCUT2D eigenvalue weighted by atomic mass is 10.0. The molecule has 0 aliphatic carbocycles. The van der Waals surface area contributed by atoms with Crippen molar-refractivity contribution in [3.05, 3.63) is 59.2 Å². The van der Waals surface area contributed by atoms with Gasteiger partial charge in [0.05, 0.1) is 6.61 Å². The summed E-state index contributed by atoms with van der Waals surface area (Å²) in [6, 6.07) is 10.5. The normalized spacial score (nSPS) is 18.6. The van der Waals surface area contributed by atoms with E-state index in [2.05, 4.69) is 31.5 Å². The van der Waals surface area contributed by atoms with Crippen molar-refractivity contribution in [2.24, 2.45) is 0 Å². The van der Waals surface area contributed by atoms with Gasteiger partial charge in [-0.1, -0.05) is 18.2 Å². The zero-order valence-corrected chi connectivity index (χ0v) is 28.2. The first kappa shape index (κ1) is 36.4. The average Bonchev–Trinajstić information content (AvgIpc) is 3.45. The third kappa shape index (κ3) is 9.64. The summed E-state index contributed by atoms with van der Waals surface area (Å²) in [6.07, 6.45) is 3.08. The highest BCUT2D eigenvalue weighted by Gasteiger charge is 2.40. The van der Waals surface area contributed by atoms with E-state index in [4.69, 9.17) is 9.47 Å². The Bertz CT molecular complexity index is 1540. The van der Waals surface area contributed by atoms with E-state index in [0.29, 0.717) is 60.2 Å². The first-order valence-electron chi connectivity index (χ1n) is 17.0. The molecule has 50 heavy (non-hydrogen) atoms. The molecule has 2 saturated heterocycles. The second-order valence-electron chi connectivity index (χ2n) is 12.6. The molecule has 6 amide bonds. The predicted octanol–water partition coefficient (Wildman–Crippen LogP) is 1.73. The quantitative estimate of drug-likeness (QED) is 0.0986. The minimum atomic E-state index is -0.981. The van der Waals surface area contributed by atoms with Gasteiger partial charge in [-0.05, 0) is 82.1 Å². The Balaban J connectivity index is 1.18. The second-order valence-corrected chi connectivity index (χ2v) is 12.6. The molecule has 2 fully saturated rings. The highest BCUT2D eigenvalue weighted by atomic mass is 16.5. The van der Waals surface area contributed by atoms with Gasteiger partial charge in [-0.3, -0.25) is 29.3 Å². The number of amides is 6. The molecule has 0 spiro atoms. The van der Waals surface area contributed by atoms with E-state index in [1.165, 1.54) is 4.90 Å². The van der Waals surface area contributed by atoms with Crippen molar-refractivity contribution in [2.45, 2.75) is 69.8 Å². The van der Waals surface area contributed by atoms with Crippen LogP contribution in [0.3, 0.4) is 0 Å². The minimum absolute atomic E-state index is 0.0549. The van der Waals surface area contributed by atoms with Crippen LogP contribution in [-0.4, -0.2) is 104 Å². The second kappa shape index (κ2) is 17.7. The van der Waals surface area contributed by atoms with E-state index in [-0.39, 0.29) is 44.2 Å². The molecule has 268 valence electrons. The number of imide groups is 1. The van der Waals surface area contributed by atoms with Crippen molar-refractivity contribution in [1.82, 2.24) is 25.8 Å². The maximum atomic E-state index is 13.7. The number of likely N-dealkylation sites (tertiary alicyclic amines) is 1. The number of nitrogens with zero attached hydrogens (tertiary/aromatic N) is 2. The zero-order valence-electron chi connectivity index (χ0n) is 28.2. The molecule has 3 aliphatic rings. The molecular formula is C35H45N7O8. The molecule has 3 heterocycles. The molecule has 5 rings (SSSR count). The number of benzene rings is 2. The van der Waals surface area contributed by atoms with Gasteiger partial charge in [-0.2, -0.15) is 0 Å². The maximum absolute atomic E-state index is 13.7. The summed E-state index contributed by atoms with van der Waals surface area (Å²) in [5.74, 6) is -1.76. The van der Waals surface area contributed by atoms with Crippen molar-refractivity contribution in [1.29, 1.82) is 0 Å². The summed E-state index contributed by atoms with van der Waals surface area (Å²) in [4.78, 5) is 78.5. The van der Waals surface area contributed by atoms with Crippen molar-refractivity contribution < 1.29 is 38.2 Å². The molecule has 3 aliphatic heterocycles. The summed E-state index contributed by atoms with van der Waals surface area (Å²) in [6.45, 7) is 3.84. The van der Waals surface area contributed by atoms with Gasteiger partial charge in [0.25, 0.3) is 5.91 Å². The molecule has 2 atom stereocenters. The van der Waals surface area contributed by atoms with E-state index in [0.717, 1.165) is 32.5 Å². The maximum Gasteiger partial charge on any atom is 0.408 e. The summed E-state index contributed by atoms with van der Waals surface area (Å²) < 4.78 is 11.3. The van der Waals surface area contributed by atoms with Crippen LogP contribution in [0.2, 0.25) is 0 Å². The summed E-state index contributed by atoms with van der Waals surface area (Å²) >= 11 is 0. The van der Waals surface area contributed by atoms with Gasteiger partial charge in [-0.15, -0.1) is 0 Å². The predicted molar refractivity (Wildman–Crippen MR) is 183 cm³/mol. The first-order chi connectivity index (χ1) is 24.2. The zero-order chi connectivity index (χ0) is 35.5. The highest BCUT2D eigenvalue weighted by Crippen LogP contribution is 2.32. The SMILES string of the molecule is CNC1CCN(CCOCCCC(NC(=O)OCc2ccc(NC=O)cc2)C(=O)Nc2cccc3c2CN(C2CCC(=O)NC2=O)C3=O)CC1. The fourth-order valence-electron chi connectivity index (χ4n) is 6.42. The fraction of sp³-hybridized carbons (Fsp3) is 0.486. The van der Waals surface area contributed by atoms with E-state index in [1.807, 2.05) is 7.05 Å². The molecule has 2 unspecified atom stereocenters. The standard InChI is InChI=1S/C35H45N7O8/c1-36-24-13-15-41(16-14-24)17-19-49-18-3-6-29(39-35(48)50-21-23-7-9-25(10-8-23)37-22-43)32(45)38-28-5-2-4-26-27(28)20-42(34(26)47)30-11-12-31(44)40-33(30)46/h2,4-5,7-10,22,24,29-30,36H,3,6,11-21H2,1H3,(H,37,43)(H,38,45)(H,39,48)(H,40,44,46). The van der Waals surface area contributed by atoms with Crippen LogP contribution in [0.15, 0.2) is 42.5 Å². The number of carbonyl (C=O) groups excluding carboxylic acids is 6. The van der Waals surface area contributed by atoms with Gasteiger partial charge in [0.15, 0.2) is 0 Å². The summed E-state index contributed by atoms with van der Waals surface area (Å²) in [5, 5.41) is 13.7. The molecule has 0 radical (unpaired) electrons. The number of hydrogen-bond donors (Lipinski definition) is 5. The van der Waals surface area contributed by atoms with E-state index < -0.39 is 30.0 Å². The van der Waals surface area contributed by atoms with Crippen LogP contribution >= 0.6 is 0 Å². The Morgan fingerprint density at radius 3 is 2.54 bits per heavy atom. The number of nitrogens with one attached hydrogen (secondary N) is 5. The Kier molecular flexibility index (Phi) is 12.9. The third-order valence-electron chi connectivity index (χ3n) is 9.33. The van der Waals surface area contributed by atoms with E-state index >= 15 is 0 Å². The average molecular weight is 692 g/mol. The van der Waals surface area contributed by atoms with Crippen LogP contribution < -0.4 is 26.6 Å². The van der Waals surface area contributed by atoms with Crippen molar-refractivity contribution >= 4 is 47.5 Å². The Hall–Kier alpha value is -4.86. The molecule has 5 N–H and O–H groups in total. The van der Waals surface area contributed by atoms with Gasteiger partial charge >= 0.3 is 6.09 Å². The van der Waals surface area contributed by atoms with Gasteiger partial charge in [0.1, 0.15) is 18.7 Å².